The molecule has 14 heavy (non-hydrogen) atoms. The molecule has 0 saturated carbocycles. The maximum atomic E-state index is 11.4. The van der Waals surface area contributed by atoms with Crippen LogP contribution >= 0.6 is 11.6 Å². The van der Waals surface area contributed by atoms with E-state index < -0.39 is 16.8 Å². The first kappa shape index (κ1) is 10.9. The Morgan fingerprint density at radius 1 is 1.36 bits per heavy atom. The van der Waals surface area contributed by atoms with Crippen LogP contribution in [0.5, 0.6) is 0 Å². The molecule has 0 saturated heterocycles. The third kappa shape index (κ3) is 3.32. The lowest BCUT2D eigenvalue weighted by Crippen LogP contribution is -1.90. The van der Waals surface area contributed by atoms with Gasteiger partial charge in [0.1, 0.15) is 0 Å². The number of aliphatic carboxylic acids is 1. The Balaban J connectivity index is 2.80. The van der Waals surface area contributed by atoms with Crippen molar-refractivity contribution >= 4 is 28.4 Å². The molecule has 1 rings (SSSR count). The van der Waals surface area contributed by atoms with E-state index in [1.54, 1.807) is 24.3 Å². The van der Waals surface area contributed by atoms with Crippen LogP contribution in [0.1, 0.15) is 0 Å². The third-order valence-corrected chi connectivity index (χ3v) is 2.75. The lowest BCUT2D eigenvalue weighted by Gasteiger charge is -1.95. The largest absolute Gasteiger partial charge is 0.478 e. The molecule has 1 aromatic rings. The maximum Gasteiger partial charge on any atom is 0.328 e. The van der Waals surface area contributed by atoms with Gasteiger partial charge in [0.2, 0.25) is 0 Å². The van der Waals surface area contributed by atoms with Gasteiger partial charge in [0.05, 0.1) is 10.8 Å². The number of carbonyl (C=O) groups is 1. The summed E-state index contributed by atoms with van der Waals surface area (Å²) < 4.78 is 11.4. The van der Waals surface area contributed by atoms with Crippen molar-refractivity contribution in [2.24, 2.45) is 0 Å². The van der Waals surface area contributed by atoms with Crippen LogP contribution in [0.2, 0.25) is 5.02 Å². The summed E-state index contributed by atoms with van der Waals surface area (Å²) in [4.78, 5) is 10.7. The predicted octanol–water partition coefficient (Wildman–Crippen LogP) is 2.05. The van der Waals surface area contributed by atoms with Crippen LogP contribution in [0.15, 0.2) is 40.6 Å². The molecule has 0 aliphatic heterocycles. The lowest BCUT2D eigenvalue weighted by atomic mass is 10.4. The van der Waals surface area contributed by atoms with E-state index in [-0.39, 0.29) is 0 Å². The summed E-state index contributed by atoms with van der Waals surface area (Å²) in [6, 6.07) is 6.38. The minimum absolute atomic E-state index is 0.520. The van der Waals surface area contributed by atoms with Crippen LogP contribution in [0, 0.1) is 0 Å². The van der Waals surface area contributed by atoms with Gasteiger partial charge in [-0.25, -0.2) is 9.00 Å². The summed E-state index contributed by atoms with van der Waals surface area (Å²) in [5, 5.41) is 9.98. The highest BCUT2D eigenvalue weighted by Crippen LogP contribution is 2.13. The van der Waals surface area contributed by atoms with Gasteiger partial charge in [-0.05, 0) is 24.3 Å². The van der Waals surface area contributed by atoms with Crippen molar-refractivity contribution < 1.29 is 14.1 Å². The van der Waals surface area contributed by atoms with E-state index >= 15 is 0 Å². The van der Waals surface area contributed by atoms with E-state index in [1.807, 2.05) is 0 Å². The lowest BCUT2D eigenvalue weighted by molar-refractivity contribution is -0.131. The van der Waals surface area contributed by atoms with Crippen molar-refractivity contribution in [1.29, 1.82) is 0 Å². The molecular formula is C9H7ClO3S. The van der Waals surface area contributed by atoms with E-state index in [0.717, 1.165) is 11.5 Å². The molecule has 0 aliphatic carbocycles. The number of benzene rings is 1. The standard InChI is InChI=1S/C9H7ClO3S/c10-7-1-3-8(4-2-7)14(13)6-5-9(11)12/h1-6H,(H,11,12)/b6-5+. The van der Waals surface area contributed by atoms with Crippen LogP contribution in [0.25, 0.3) is 0 Å². The van der Waals surface area contributed by atoms with Crippen molar-refractivity contribution in [2.45, 2.75) is 4.90 Å². The van der Waals surface area contributed by atoms with E-state index in [4.69, 9.17) is 16.7 Å². The molecule has 5 heteroatoms. The fourth-order valence-electron chi connectivity index (χ4n) is 0.767. The Labute approximate surface area is 88.5 Å². The number of rotatable bonds is 3. The van der Waals surface area contributed by atoms with Crippen molar-refractivity contribution in [2.75, 3.05) is 0 Å². The van der Waals surface area contributed by atoms with Gasteiger partial charge in [-0.3, -0.25) is 0 Å². The molecule has 0 fully saturated rings. The number of halogens is 1. The molecule has 0 aromatic heterocycles. The minimum Gasteiger partial charge on any atom is -0.478 e. The first-order chi connectivity index (χ1) is 6.59. The second-order valence-corrected chi connectivity index (χ2v) is 4.17. The van der Waals surface area contributed by atoms with E-state index in [2.05, 4.69) is 0 Å². The molecule has 1 aromatic carbocycles. The number of carboxylic acids is 1. The molecule has 1 N–H and O–H groups in total. The number of hydrogen-bond donors (Lipinski definition) is 1. The van der Waals surface area contributed by atoms with Gasteiger partial charge in [-0.15, -0.1) is 0 Å². The Hall–Kier alpha value is -1.13. The smallest absolute Gasteiger partial charge is 0.328 e. The molecule has 74 valence electrons. The van der Waals surface area contributed by atoms with Crippen LogP contribution in [0.4, 0.5) is 0 Å². The van der Waals surface area contributed by atoms with Gasteiger partial charge in [0, 0.05) is 21.4 Å². The Morgan fingerprint density at radius 3 is 2.43 bits per heavy atom. The molecule has 0 heterocycles. The van der Waals surface area contributed by atoms with Gasteiger partial charge < -0.3 is 5.11 Å². The van der Waals surface area contributed by atoms with Crippen LogP contribution in [-0.4, -0.2) is 15.3 Å². The number of hydrogen-bond acceptors (Lipinski definition) is 2. The highest BCUT2D eigenvalue weighted by molar-refractivity contribution is 7.88. The SMILES string of the molecule is O=C(O)/C=C/S(=O)c1ccc(Cl)cc1. The van der Waals surface area contributed by atoms with Gasteiger partial charge in [0.25, 0.3) is 0 Å². The molecular weight excluding hydrogens is 224 g/mol. The average molecular weight is 231 g/mol. The molecule has 0 spiro atoms. The summed E-state index contributed by atoms with van der Waals surface area (Å²) in [7, 11) is -1.43. The van der Waals surface area contributed by atoms with Gasteiger partial charge >= 0.3 is 5.97 Å². The highest BCUT2D eigenvalue weighted by Gasteiger charge is 1.99. The first-order valence-electron chi connectivity index (χ1n) is 3.67. The van der Waals surface area contributed by atoms with Crippen molar-refractivity contribution in [3.05, 3.63) is 40.8 Å². The maximum absolute atomic E-state index is 11.4. The fourth-order valence-corrected chi connectivity index (χ4v) is 1.69. The monoisotopic (exact) mass is 230 g/mol. The van der Waals surface area contributed by atoms with Crippen LogP contribution in [0.3, 0.4) is 0 Å². The Morgan fingerprint density at radius 2 is 1.93 bits per heavy atom. The zero-order valence-corrected chi connectivity index (χ0v) is 8.59. The normalized spacial score (nSPS) is 12.9. The van der Waals surface area contributed by atoms with Crippen LogP contribution in [-0.2, 0) is 15.6 Å². The second kappa shape index (κ2) is 4.93. The van der Waals surface area contributed by atoms with Crippen LogP contribution < -0.4 is 0 Å². The van der Waals surface area contributed by atoms with Crippen molar-refractivity contribution in [3.8, 4) is 0 Å². The molecule has 0 amide bonds. The molecule has 1 atom stereocenters. The van der Waals surface area contributed by atoms with Gasteiger partial charge in [0.15, 0.2) is 0 Å². The molecule has 3 nitrogen and oxygen atoms in total. The summed E-state index contributed by atoms with van der Waals surface area (Å²) in [6.45, 7) is 0. The zero-order chi connectivity index (χ0) is 10.6. The Kier molecular flexibility index (Phi) is 3.85. The number of carboxylic acid groups (broad SMARTS) is 1. The van der Waals surface area contributed by atoms with Gasteiger partial charge in [-0.2, -0.15) is 0 Å². The van der Waals surface area contributed by atoms with Crippen molar-refractivity contribution in [3.63, 3.8) is 0 Å². The molecule has 0 aliphatic rings. The fraction of sp³-hybridized carbons (Fsp3) is 0. The molecule has 0 bridgehead atoms. The van der Waals surface area contributed by atoms with E-state index in [0.29, 0.717) is 9.92 Å². The molecule has 1 unspecified atom stereocenters. The minimum atomic E-state index is -1.43. The highest BCUT2D eigenvalue weighted by atomic mass is 35.5. The zero-order valence-electron chi connectivity index (χ0n) is 7.01. The first-order valence-corrected chi connectivity index (χ1v) is 5.26. The topological polar surface area (TPSA) is 54.4 Å². The van der Waals surface area contributed by atoms with E-state index in [1.165, 1.54) is 0 Å². The summed E-state index contributed by atoms with van der Waals surface area (Å²) in [6.07, 6.45) is 0.852. The average Bonchev–Trinajstić information content (AvgIpc) is 2.15. The summed E-state index contributed by atoms with van der Waals surface area (Å²) in [5.74, 6) is -1.12. The van der Waals surface area contributed by atoms with Gasteiger partial charge in [-0.1, -0.05) is 11.6 Å². The summed E-state index contributed by atoms with van der Waals surface area (Å²) >= 11 is 5.63. The Bertz CT molecular complexity index is 384. The predicted molar refractivity (Wildman–Crippen MR) is 54.6 cm³/mol. The summed E-state index contributed by atoms with van der Waals surface area (Å²) in [5.41, 5.74) is 0. The second-order valence-electron chi connectivity index (χ2n) is 2.39. The quantitative estimate of drug-likeness (QED) is 0.809. The van der Waals surface area contributed by atoms with E-state index in [9.17, 15) is 9.00 Å². The third-order valence-electron chi connectivity index (χ3n) is 1.38. The van der Waals surface area contributed by atoms with Crippen molar-refractivity contribution in [1.82, 2.24) is 0 Å². The molecule has 0 radical (unpaired) electrons.